The van der Waals surface area contributed by atoms with Gasteiger partial charge in [0.15, 0.2) is 5.65 Å². The summed E-state index contributed by atoms with van der Waals surface area (Å²) in [5.74, 6) is -0.868. The number of esters is 1. The Morgan fingerprint density at radius 3 is 2.24 bits per heavy atom. The van der Waals surface area contributed by atoms with Gasteiger partial charge in [-0.3, -0.25) is 14.4 Å². The highest BCUT2D eigenvalue weighted by Gasteiger charge is 2.42. The highest BCUT2D eigenvalue weighted by Crippen LogP contribution is 2.34. The molecule has 2 aliphatic rings. The van der Waals surface area contributed by atoms with Gasteiger partial charge in [0, 0.05) is 36.7 Å². The Hall–Kier alpha value is -3.82. The number of amides is 2. The van der Waals surface area contributed by atoms with Crippen LogP contribution in [0.15, 0.2) is 36.5 Å². The molecular weight excluding hydrogens is 537 g/mol. The van der Waals surface area contributed by atoms with Crippen LogP contribution in [-0.4, -0.2) is 74.5 Å². The Labute approximate surface area is 246 Å². The fraction of sp³-hybridized carbons (Fsp3) is 0.531. The fourth-order valence-electron chi connectivity index (χ4n) is 6.25. The molecule has 0 spiro atoms. The van der Waals surface area contributed by atoms with Crippen LogP contribution in [0.3, 0.4) is 0 Å². The summed E-state index contributed by atoms with van der Waals surface area (Å²) in [5.41, 5.74) is 2.36. The molecule has 1 aromatic carbocycles. The average Bonchev–Trinajstić information content (AvgIpc) is 3.39. The number of fused-ring (bicyclic) bond motifs is 1. The normalized spacial score (nSPS) is 20.9. The minimum Gasteiger partial charge on any atom is -0.469 e. The number of methoxy groups -OCH3 is 1. The lowest BCUT2D eigenvalue weighted by Gasteiger charge is -2.47. The van der Waals surface area contributed by atoms with Gasteiger partial charge in [0.25, 0.3) is 5.91 Å². The zero-order valence-electron chi connectivity index (χ0n) is 25.3. The standard InChI is InChI=1S/C32H40FN5O4/c1-31(2,3)24-17-25(20-11-13-23(33)14-12-20)35-38-18-26(34-27(24)38)29(40)37-16-15-36(19-32(37,4)5)28(39)21-7-9-22(10-8-21)30(41)42-6/h11-14,17-18,21-22H,7-10,15-16,19H2,1-6H3. The van der Waals surface area contributed by atoms with E-state index in [-0.39, 0.29) is 40.9 Å². The van der Waals surface area contributed by atoms with Crippen molar-refractivity contribution in [3.05, 3.63) is 53.6 Å². The first-order valence-electron chi connectivity index (χ1n) is 14.6. The molecule has 0 bridgehead atoms. The largest absolute Gasteiger partial charge is 0.469 e. The number of rotatable bonds is 4. The van der Waals surface area contributed by atoms with E-state index in [1.54, 1.807) is 27.7 Å². The van der Waals surface area contributed by atoms with Crippen molar-refractivity contribution in [3.63, 3.8) is 0 Å². The maximum atomic E-state index is 13.9. The lowest BCUT2D eigenvalue weighted by atomic mass is 9.81. The second-order valence-corrected chi connectivity index (χ2v) is 13.2. The molecule has 42 heavy (non-hydrogen) atoms. The predicted molar refractivity (Wildman–Crippen MR) is 156 cm³/mol. The molecule has 224 valence electrons. The first-order valence-corrected chi connectivity index (χ1v) is 14.6. The second-order valence-electron chi connectivity index (χ2n) is 13.2. The van der Waals surface area contributed by atoms with Crippen LogP contribution in [0.1, 0.15) is 76.4 Å². The van der Waals surface area contributed by atoms with Gasteiger partial charge in [-0.2, -0.15) is 5.10 Å². The molecule has 5 rings (SSSR count). The number of piperazine rings is 1. The van der Waals surface area contributed by atoms with E-state index in [2.05, 4.69) is 20.8 Å². The van der Waals surface area contributed by atoms with Crippen LogP contribution in [0.4, 0.5) is 4.39 Å². The number of imidazole rings is 1. The van der Waals surface area contributed by atoms with Gasteiger partial charge >= 0.3 is 5.97 Å². The lowest BCUT2D eigenvalue weighted by molar-refractivity contribution is -0.149. The van der Waals surface area contributed by atoms with Crippen molar-refractivity contribution >= 4 is 23.4 Å². The molecule has 1 aliphatic heterocycles. The summed E-state index contributed by atoms with van der Waals surface area (Å²) in [4.78, 5) is 47.6. The summed E-state index contributed by atoms with van der Waals surface area (Å²) < 4.78 is 20.1. The van der Waals surface area contributed by atoms with Crippen molar-refractivity contribution in [2.45, 2.75) is 71.3 Å². The third-order valence-electron chi connectivity index (χ3n) is 8.66. The van der Waals surface area contributed by atoms with Crippen LogP contribution in [0, 0.1) is 17.7 Å². The van der Waals surface area contributed by atoms with Crippen molar-refractivity contribution in [2.24, 2.45) is 11.8 Å². The summed E-state index contributed by atoms with van der Waals surface area (Å²) in [6, 6.07) is 8.14. The van der Waals surface area contributed by atoms with Crippen LogP contribution in [0.25, 0.3) is 16.9 Å². The van der Waals surface area contributed by atoms with Gasteiger partial charge in [0.05, 0.1) is 30.5 Å². The van der Waals surface area contributed by atoms with Gasteiger partial charge in [0.1, 0.15) is 11.5 Å². The van der Waals surface area contributed by atoms with Gasteiger partial charge in [-0.05, 0) is 75.3 Å². The number of aromatic nitrogens is 3. The summed E-state index contributed by atoms with van der Waals surface area (Å²) in [7, 11) is 1.40. The average molecular weight is 578 g/mol. The molecule has 0 unspecified atom stereocenters. The number of ether oxygens (including phenoxy) is 1. The molecule has 1 aliphatic carbocycles. The summed E-state index contributed by atoms with van der Waals surface area (Å²) in [6.45, 7) is 11.4. The monoisotopic (exact) mass is 577 g/mol. The first kappa shape index (κ1) is 29.7. The van der Waals surface area contributed by atoms with Gasteiger partial charge in [0.2, 0.25) is 5.91 Å². The van der Waals surface area contributed by atoms with Crippen molar-refractivity contribution < 1.29 is 23.5 Å². The predicted octanol–water partition coefficient (Wildman–Crippen LogP) is 4.88. The van der Waals surface area contributed by atoms with E-state index < -0.39 is 5.54 Å². The number of halogens is 1. The van der Waals surface area contributed by atoms with E-state index in [1.807, 2.05) is 24.8 Å². The minimum absolute atomic E-state index is 0.0959. The molecule has 1 saturated carbocycles. The van der Waals surface area contributed by atoms with Crippen LogP contribution in [-0.2, 0) is 19.7 Å². The SMILES string of the molecule is COC(=O)C1CCC(C(=O)N2CCN(C(=O)c3cn4nc(-c5ccc(F)cc5)cc(C(C)(C)C)c4n3)C(C)(C)C2)CC1. The maximum absolute atomic E-state index is 13.9. The van der Waals surface area contributed by atoms with Gasteiger partial charge in [-0.25, -0.2) is 13.9 Å². The Kier molecular flexibility index (Phi) is 7.85. The Morgan fingerprint density at radius 1 is 1.00 bits per heavy atom. The Balaban J connectivity index is 1.35. The highest BCUT2D eigenvalue weighted by molar-refractivity contribution is 5.94. The smallest absolute Gasteiger partial charge is 0.308 e. The summed E-state index contributed by atoms with van der Waals surface area (Å²) >= 11 is 0. The van der Waals surface area contributed by atoms with Gasteiger partial charge < -0.3 is 14.5 Å². The van der Waals surface area contributed by atoms with Crippen LogP contribution < -0.4 is 0 Å². The summed E-state index contributed by atoms with van der Waals surface area (Å²) in [6.07, 6.45) is 4.32. The number of carbonyl (C=O) groups excluding carboxylic acids is 3. The fourth-order valence-corrected chi connectivity index (χ4v) is 6.25. The van der Waals surface area contributed by atoms with Crippen LogP contribution in [0.2, 0.25) is 0 Å². The van der Waals surface area contributed by atoms with E-state index in [0.717, 1.165) is 11.1 Å². The highest BCUT2D eigenvalue weighted by atomic mass is 19.1. The van der Waals surface area contributed by atoms with E-state index >= 15 is 0 Å². The van der Waals surface area contributed by atoms with E-state index in [9.17, 15) is 18.8 Å². The molecule has 2 fully saturated rings. The Morgan fingerprint density at radius 2 is 1.64 bits per heavy atom. The molecular formula is C32H40FN5O4. The summed E-state index contributed by atoms with van der Waals surface area (Å²) in [5, 5.41) is 4.72. The molecule has 0 N–H and O–H groups in total. The number of hydrogen-bond acceptors (Lipinski definition) is 6. The van der Waals surface area contributed by atoms with Crippen molar-refractivity contribution in [3.8, 4) is 11.3 Å². The number of hydrogen-bond donors (Lipinski definition) is 0. The molecule has 9 nitrogen and oxygen atoms in total. The van der Waals surface area contributed by atoms with Crippen molar-refractivity contribution in [1.82, 2.24) is 24.4 Å². The quantitative estimate of drug-likeness (QED) is 0.411. The molecule has 10 heteroatoms. The number of carbonyl (C=O) groups is 3. The minimum atomic E-state index is -0.608. The molecule has 0 radical (unpaired) electrons. The third kappa shape index (κ3) is 5.76. The molecule has 3 heterocycles. The van der Waals surface area contributed by atoms with Gasteiger partial charge in [-0.1, -0.05) is 20.8 Å². The lowest BCUT2D eigenvalue weighted by Crippen LogP contribution is -2.62. The molecule has 0 atom stereocenters. The maximum Gasteiger partial charge on any atom is 0.308 e. The second kappa shape index (κ2) is 11.1. The first-order chi connectivity index (χ1) is 19.8. The number of benzene rings is 1. The van der Waals surface area contributed by atoms with Crippen LogP contribution >= 0.6 is 0 Å². The molecule has 1 saturated heterocycles. The number of nitrogens with zero attached hydrogens (tertiary/aromatic N) is 5. The van der Waals surface area contributed by atoms with Crippen LogP contribution in [0.5, 0.6) is 0 Å². The van der Waals surface area contributed by atoms with E-state index in [0.29, 0.717) is 62.4 Å². The van der Waals surface area contributed by atoms with E-state index in [4.69, 9.17) is 14.8 Å². The van der Waals surface area contributed by atoms with Crippen molar-refractivity contribution in [1.29, 1.82) is 0 Å². The zero-order chi connectivity index (χ0) is 30.4. The zero-order valence-corrected chi connectivity index (χ0v) is 25.3. The topological polar surface area (TPSA) is 97.1 Å². The molecule has 2 aromatic heterocycles. The Bertz CT molecular complexity index is 1500. The molecule has 2 amide bonds. The third-order valence-corrected chi connectivity index (χ3v) is 8.66. The van der Waals surface area contributed by atoms with Gasteiger partial charge in [-0.15, -0.1) is 0 Å². The van der Waals surface area contributed by atoms with E-state index in [1.165, 1.54) is 19.2 Å². The van der Waals surface area contributed by atoms with Crippen molar-refractivity contribution in [2.75, 3.05) is 26.7 Å². The molecule has 3 aromatic rings.